The standard InChI is InChI=1S/C29H25N3O4S/c1-4-17-31-21-14-10-9-13-20(21)24(26(31)33)25-27(34)32-22(16-15-19-11-7-6-8-12-19)23(28(35)36-5-2)18(3)30-29(32)37-25/h4,6-16,22H,1,5,17H2,2-3H3/b16-15+,25-24-. The monoisotopic (exact) mass is 511 g/mol. The highest BCUT2D eigenvalue weighted by Crippen LogP contribution is 2.35. The zero-order chi connectivity index (χ0) is 26.1. The van der Waals surface area contributed by atoms with E-state index < -0.39 is 12.0 Å². The second-order valence-electron chi connectivity index (χ2n) is 8.53. The van der Waals surface area contributed by atoms with Gasteiger partial charge in [0.1, 0.15) is 4.53 Å². The third-order valence-electron chi connectivity index (χ3n) is 6.27. The van der Waals surface area contributed by atoms with Crippen LogP contribution in [0.15, 0.2) is 94.4 Å². The minimum atomic E-state index is -0.735. The van der Waals surface area contributed by atoms with Crippen LogP contribution in [-0.4, -0.2) is 29.6 Å². The van der Waals surface area contributed by atoms with Crippen molar-refractivity contribution in [2.75, 3.05) is 18.1 Å². The van der Waals surface area contributed by atoms with Crippen molar-refractivity contribution in [2.24, 2.45) is 4.99 Å². The maximum absolute atomic E-state index is 14.0. The van der Waals surface area contributed by atoms with E-state index in [1.807, 2.05) is 60.7 Å². The molecule has 3 aromatic rings. The smallest absolute Gasteiger partial charge is 0.338 e. The number of carbonyl (C=O) groups is 2. The van der Waals surface area contributed by atoms with Crippen molar-refractivity contribution in [3.05, 3.63) is 115 Å². The van der Waals surface area contributed by atoms with Gasteiger partial charge < -0.3 is 9.64 Å². The van der Waals surface area contributed by atoms with Gasteiger partial charge in [-0.05, 0) is 25.5 Å². The maximum atomic E-state index is 14.0. The molecule has 5 rings (SSSR count). The predicted molar refractivity (Wildman–Crippen MR) is 145 cm³/mol. The molecule has 0 N–H and O–H groups in total. The summed E-state index contributed by atoms with van der Waals surface area (Å²) in [6, 6.07) is 16.3. The maximum Gasteiger partial charge on any atom is 0.338 e. The molecule has 0 saturated heterocycles. The molecule has 2 aliphatic rings. The Morgan fingerprint density at radius 1 is 1.14 bits per heavy atom. The third-order valence-corrected chi connectivity index (χ3v) is 7.32. The normalized spacial score (nSPS) is 18.1. The number of aromatic nitrogens is 1. The number of nitrogens with zero attached hydrogens (tertiary/aromatic N) is 3. The molecule has 1 atom stereocenters. The van der Waals surface area contributed by atoms with Gasteiger partial charge in [0.2, 0.25) is 0 Å². The van der Waals surface area contributed by atoms with Crippen LogP contribution in [0.5, 0.6) is 0 Å². The predicted octanol–water partition coefficient (Wildman–Crippen LogP) is 3.37. The molecule has 0 spiro atoms. The van der Waals surface area contributed by atoms with E-state index in [1.54, 1.807) is 30.9 Å². The molecular formula is C29H25N3O4S. The second-order valence-corrected chi connectivity index (χ2v) is 9.51. The summed E-state index contributed by atoms with van der Waals surface area (Å²) in [5, 5.41) is 0. The first kappa shape index (κ1) is 24.4. The summed E-state index contributed by atoms with van der Waals surface area (Å²) in [5.74, 6) is -0.784. The molecule has 1 unspecified atom stereocenters. The number of hydrogen-bond acceptors (Lipinski definition) is 6. The van der Waals surface area contributed by atoms with E-state index in [2.05, 4.69) is 11.6 Å². The Hall–Kier alpha value is -4.30. The van der Waals surface area contributed by atoms with Gasteiger partial charge in [0.15, 0.2) is 4.80 Å². The minimum absolute atomic E-state index is 0.198. The highest BCUT2D eigenvalue weighted by atomic mass is 32.1. The van der Waals surface area contributed by atoms with Crippen LogP contribution in [0.3, 0.4) is 0 Å². The van der Waals surface area contributed by atoms with Crippen molar-refractivity contribution in [1.82, 2.24) is 4.57 Å². The Morgan fingerprint density at radius 2 is 1.86 bits per heavy atom. The lowest BCUT2D eigenvalue weighted by Gasteiger charge is -2.21. The summed E-state index contributed by atoms with van der Waals surface area (Å²) < 4.78 is 7.10. The zero-order valence-electron chi connectivity index (χ0n) is 20.5. The van der Waals surface area contributed by atoms with Crippen molar-refractivity contribution in [3.8, 4) is 0 Å². The van der Waals surface area contributed by atoms with E-state index in [4.69, 9.17) is 4.74 Å². The van der Waals surface area contributed by atoms with Gasteiger partial charge in [-0.15, -0.1) is 6.58 Å². The van der Waals surface area contributed by atoms with E-state index >= 15 is 0 Å². The average molecular weight is 512 g/mol. The zero-order valence-corrected chi connectivity index (χ0v) is 21.3. The number of carbonyl (C=O) groups excluding carboxylic acids is 2. The molecule has 7 nitrogen and oxygen atoms in total. The van der Waals surface area contributed by atoms with Crippen LogP contribution in [0.2, 0.25) is 0 Å². The lowest BCUT2D eigenvalue weighted by atomic mass is 10.0. The Kier molecular flexibility index (Phi) is 6.58. The minimum Gasteiger partial charge on any atom is -0.463 e. The number of esters is 1. The highest BCUT2D eigenvalue weighted by molar-refractivity contribution is 7.07. The molecule has 1 amide bonds. The van der Waals surface area contributed by atoms with Crippen molar-refractivity contribution < 1.29 is 14.3 Å². The van der Waals surface area contributed by atoms with E-state index in [0.717, 1.165) is 22.6 Å². The summed E-state index contributed by atoms with van der Waals surface area (Å²) >= 11 is 1.16. The summed E-state index contributed by atoms with van der Waals surface area (Å²) in [4.78, 5) is 47.1. The highest BCUT2D eigenvalue weighted by Gasteiger charge is 2.35. The SMILES string of the molecule is C=CCN1C(=O)/C(=c2\sc3n(c2=O)C(/C=C/c2ccccc2)C(C(=O)OCC)=C(C)N=3)c2ccccc21. The van der Waals surface area contributed by atoms with Crippen LogP contribution in [-0.2, 0) is 14.3 Å². The first-order chi connectivity index (χ1) is 18.0. The molecule has 0 saturated carbocycles. The van der Waals surface area contributed by atoms with Gasteiger partial charge in [-0.1, -0.05) is 78.1 Å². The Bertz CT molecular complexity index is 1660. The van der Waals surface area contributed by atoms with Gasteiger partial charge in [-0.2, -0.15) is 0 Å². The molecule has 3 heterocycles. The number of thiazole rings is 1. The number of fused-ring (bicyclic) bond motifs is 2. The van der Waals surface area contributed by atoms with Gasteiger partial charge >= 0.3 is 5.97 Å². The fraction of sp³-hybridized carbons (Fsp3) is 0.172. The van der Waals surface area contributed by atoms with Crippen molar-refractivity contribution in [1.29, 1.82) is 0 Å². The van der Waals surface area contributed by atoms with Crippen LogP contribution >= 0.6 is 11.3 Å². The number of amides is 1. The molecule has 8 heteroatoms. The van der Waals surface area contributed by atoms with Crippen LogP contribution in [0, 0.1) is 0 Å². The van der Waals surface area contributed by atoms with Crippen molar-refractivity contribution >= 4 is 40.5 Å². The van der Waals surface area contributed by atoms with Crippen molar-refractivity contribution in [2.45, 2.75) is 19.9 Å². The van der Waals surface area contributed by atoms with Gasteiger partial charge in [0.25, 0.3) is 11.5 Å². The summed E-state index contributed by atoms with van der Waals surface area (Å²) in [7, 11) is 0. The molecule has 0 radical (unpaired) electrons. The van der Waals surface area contributed by atoms with E-state index in [0.29, 0.717) is 38.3 Å². The molecule has 0 fully saturated rings. The molecule has 186 valence electrons. The molecule has 2 aliphatic heterocycles. The fourth-order valence-electron chi connectivity index (χ4n) is 4.64. The number of hydrogen-bond donors (Lipinski definition) is 0. The van der Waals surface area contributed by atoms with Crippen LogP contribution < -0.4 is 19.8 Å². The topological polar surface area (TPSA) is 81.0 Å². The molecule has 2 aromatic carbocycles. The average Bonchev–Trinajstić information content (AvgIpc) is 3.36. The van der Waals surface area contributed by atoms with Gasteiger partial charge in [0, 0.05) is 12.1 Å². The number of allylic oxidation sites excluding steroid dienone is 2. The van der Waals surface area contributed by atoms with Gasteiger partial charge in [-0.3, -0.25) is 14.2 Å². The molecule has 0 aliphatic carbocycles. The van der Waals surface area contributed by atoms with Gasteiger partial charge in [0.05, 0.1) is 35.2 Å². The largest absolute Gasteiger partial charge is 0.463 e. The Balaban J connectivity index is 1.75. The Labute approximate surface area is 217 Å². The third kappa shape index (κ3) is 4.19. The molecular weight excluding hydrogens is 486 g/mol. The van der Waals surface area contributed by atoms with Crippen LogP contribution in [0.25, 0.3) is 11.6 Å². The number of rotatable bonds is 6. The van der Waals surface area contributed by atoms with E-state index in [-0.39, 0.29) is 18.1 Å². The van der Waals surface area contributed by atoms with Crippen LogP contribution in [0.1, 0.15) is 31.0 Å². The number of ether oxygens (including phenoxy) is 1. The molecule has 37 heavy (non-hydrogen) atoms. The van der Waals surface area contributed by atoms with E-state index in [9.17, 15) is 14.4 Å². The summed E-state index contributed by atoms with van der Waals surface area (Å²) in [5.41, 5.74) is 3.08. The quantitative estimate of drug-likeness (QED) is 0.376. The van der Waals surface area contributed by atoms with Crippen LogP contribution in [0.4, 0.5) is 5.69 Å². The number of benzene rings is 2. The lowest BCUT2D eigenvalue weighted by molar-refractivity contribution is -0.139. The Morgan fingerprint density at radius 3 is 2.59 bits per heavy atom. The second kappa shape index (κ2) is 9.99. The fourth-order valence-corrected chi connectivity index (χ4v) is 5.79. The molecule has 0 bridgehead atoms. The van der Waals surface area contributed by atoms with Crippen molar-refractivity contribution in [3.63, 3.8) is 0 Å². The number of anilines is 1. The van der Waals surface area contributed by atoms with Gasteiger partial charge in [-0.25, -0.2) is 9.79 Å². The van der Waals surface area contributed by atoms with E-state index in [1.165, 1.54) is 4.57 Å². The summed E-state index contributed by atoms with van der Waals surface area (Å²) in [6.45, 7) is 7.76. The molecule has 1 aromatic heterocycles. The summed E-state index contributed by atoms with van der Waals surface area (Å²) in [6.07, 6.45) is 5.33. The lowest BCUT2D eigenvalue weighted by Crippen LogP contribution is -2.40. The number of para-hydroxylation sites is 1. The first-order valence-corrected chi connectivity index (χ1v) is 12.8. The first-order valence-electron chi connectivity index (χ1n) is 11.9.